The fourth-order valence-electron chi connectivity index (χ4n) is 3.41. The van der Waals surface area contributed by atoms with Gasteiger partial charge in [-0.3, -0.25) is 19.5 Å². The molecule has 0 fully saturated rings. The Morgan fingerprint density at radius 1 is 0.903 bits per heavy atom. The van der Waals surface area contributed by atoms with Crippen LogP contribution in [-0.2, 0) is 16.1 Å². The molecule has 31 heavy (non-hydrogen) atoms. The highest BCUT2D eigenvalue weighted by Gasteiger charge is 2.39. The van der Waals surface area contributed by atoms with Gasteiger partial charge >= 0.3 is 0 Å². The van der Waals surface area contributed by atoms with Gasteiger partial charge in [0.05, 0.1) is 18.2 Å². The van der Waals surface area contributed by atoms with Crippen molar-refractivity contribution in [2.45, 2.75) is 26.5 Å². The molecular weight excluding hydrogens is 390 g/mol. The van der Waals surface area contributed by atoms with E-state index in [0.29, 0.717) is 16.9 Å². The zero-order chi connectivity index (χ0) is 21.8. The maximum atomic E-state index is 13.3. The van der Waals surface area contributed by atoms with Crippen molar-refractivity contribution in [2.75, 3.05) is 5.32 Å². The number of benzene rings is 2. The van der Waals surface area contributed by atoms with Gasteiger partial charge in [-0.25, -0.2) is 0 Å². The summed E-state index contributed by atoms with van der Waals surface area (Å²) in [6, 6.07) is 20.2. The zero-order valence-electron chi connectivity index (χ0n) is 17.4. The van der Waals surface area contributed by atoms with E-state index in [1.54, 1.807) is 36.7 Å². The molecule has 0 radical (unpaired) electrons. The van der Waals surface area contributed by atoms with E-state index in [1.165, 1.54) is 4.90 Å². The molecule has 0 atom stereocenters. The number of aromatic nitrogens is 1. The molecule has 2 heterocycles. The summed E-state index contributed by atoms with van der Waals surface area (Å²) in [5.41, 5.74) is 2.84. The summed E-state index contributed by atoms with van der Waals surface area (Å²) in [4.78, 5) is 31.9. The molecule has 2 aromatic carbocycles. The molecule has 1 aliphatic heterocycles. The molecule has 1 aliphatic rings. The Labute approximate surface area is 181 Å². The average molecular weight is 413 g/mol. The van der Waals surface area contributed by atoms with Crippen molar-refractivity contribution in [2.24, 2.45) is 0 Å². The van der Waals surface area contributed by atoms with Crippen LogP contribution >= 0.6 is 0 Å². The van der Waals surface area contributed by atoms with Gasteiger partial charge in [0.2, 0.25) is 0 Å². The number of hydrogen-bond acceptors (Lipinski definition) is 5. The lowest BCUT2D eigenvalue weighted by molar-refractivity contribution is -0.137. The Bertz CT molecular complexity index is 1110. The highest BCUT2D eigenvalue weighted by atomic mass is 16.5. The van der Waals surface area contributed by atoms with Crippen molar-refractivity contribution >= 4 is 23.1 Å². The highest BCUT2D eigenvalue weighted by Crippen LogP contribution is 2.32. The van der Waals surface area contributed by atoms with Gasteiger partial charge in [0.15, 0.2) is 0 Å². The Morgan fingerprint density at radius 2 is 1.58 bits per heavy atom. The van der Waals surface area contributed by atoms with Gasteiger partial charge in [-0.15, -0.1) is 0 Å². The second kappa shape index (κ2) is 8.83. The smallest absolute Gasteiger partial charge is 0.278 e. The predicted octanol–water partition coefficient (Wildman–Crippen LogP) is 4.26. The number of rotatable bonds is 7. The second-order valence-corrected chi connectivity index (χ2v) is 7.48. The highest BCUT2D eigenvalue weighted by molar-refractivity contribution is 6.36. The number of nitrogens with zero attached hydrogens (tertiary/aromatic N) is 2. The van der Waals surface area contributed by atoms with Gasteiger partial charge in [-0.05, 0) is 61.4 Å². The topological polar surface area (TPSA) is 71.5 Å². The summed E-state index contributed by atoms with van der Waals surface area (Å²) in [5.74, 6) is 0.0169. The minimum atomic E-state index is -0.358. The van der Waals surface area contributed by atoms with Crippen LogP contribution in [0.2, 0.25) is 0 Å². The summed E-state index contributed by atoms with van der Waals surface area (Å²) in [7, 11) is 0. The van der Waals surface area contributed by atoms with Gasteiger partial charge in [0, 0.05) is 18.1 Å². The number of anilines is 1. The molecule has 0 saturated heterocycles. The van der Waals surface area contributed by atoms with E-state index in [1.807, 2.05) is 56.3 Å². The molecule has 0 unspecified atom stereocenters. The number of para-hydroxylation sites is 1. The lowest BCUT2D eigenvalue weighted by Gasteiger charge is -2.15. The van der Waals surface area contributed by atoms with Gasteiger partial charge in [-0.1, -0.05) is 30.3 Å². The Kier molecular flexibility index (Phi) is 5.80. The van der Waals surface area contributed by atoms with Crippen LogP contribution in [0.25, 0.3) is 5.57 Å². The van der Waals surface area contributed by atoms with E-state index >= 15 is 0 Å². The normalized spacial score (nSPS) is 13.8. The first-order valence-corrected chi connectivity index (χ1v) is 10.1. The molecule has 1 N–H and O–H groups in total. The number of amides is 2. The third-order valence-corrected chi connectivity index (χ3v) is 4.82. The summed E-state index contributed by atoms with van der Waals surface area (Å²) < 4.78 is 5.70. The van der Waals surface area contributed by atoms with Crippen LogP contribution in [0.4, 0.5) is 5.69 Å². The monoisotopic (exact) mass is 413 g/mol. The van der Waals surface area contributed by atoms with E-state index in [2.05, 4.69) is 10.3 Å². The molecule has 3 aromatic rings. The first-order chi connectivity index (χ1) is 15.0. The number of pyridine rings is 1. The molecule has 156 valence electrons. The first-order valence-electron chi connectivity index (χ1n) is 10.1. The van der Waals surface area contributed by atoms with Crippen molar-refractivity contribution in [3.8, 4) is 5.75 Å². The molecule has 6 nitrogen and oxygen atoms in total. The number of hydrogen-bond donors (Lipinski definition) is 1. The molecule has 1 aromatic heterocycles. The molecule has 4 rings (SSSR count). The Hall–Kier alpha value is -3.93. The molecule has 6 heteroatoms. The van der Waals surface area contributed by atoms with Gasteiger partial charge in [-0.2, -0.15) is 0 Å². The van der Waals surface area contributed by atoms with Crippen molar-refractivity contribution in [3.63, 3.8) is 0 Å². The van der Waals surface area contributed by atoms with E-state index in [-0.39, 0.29) is 30.2 Å². The fraction of sp³-hybridized carbons (Fsp3) is 0.160. The Balaban J connectivity index is 1.70. The van der Waals surface area contributed by atoms with E-state index in [0.717, 1.165) is 11.3 Å². The van der Waals surface area contributed by atoms with Crippen LogP contribution in [0.5, 0.6) is 5.75 Å². The van der Waals surface area contributed by atoms with Crippen LogP contribution in [0.3, 0.4) is 0 Å². The second-order valence-electron chi connectivity index (χ2n) is 7.48. The minimum Gasteiger partial charge on any atom is -0.491 e. The van der Waals surface area contributed by atoms with Crippen molar-refractivity contribution in [3.05, 3.63) is 95.9 Å². The van der Waals surface area contributed by atoms with Crippen molar-refractivity contribution in [1.29, 1.82) is 0 Å². The summed E-state index contributed by atoms with van der Waals surface area (Å²) >= 11 is 0. The maximum Gasteiger partial charge on any atom is 0.278 e. The van der Waals surface area contributed by atoms with Crippen LogP contribution < -0.4 is 10.1 Å². The summed E-state index contributed by atoms with van der Waals surface area (Å²) in [6.07, 6.45) is 3.34. The molecule has 2 amide bonds. The van der Waals surface area contributed by atoms with Crippen LogP contribution in [0.1, 0.15) is 25.0 Å². The number of nitrogens with one attached hydrogen (secondary N) is 1. The molecular formula is C25H23N3O3. The number of ether oxygens (including phenoxy) is 1. The quantitative estimate of drug-likeness (QED) is 0.586. The third-order valence-electron chi connectivity index (χ3n) is 4.82. The van der Waals surface area contributed by atoms with Gasteiger partial charge in [0.25, 0.3) is 11.8 Å². The number of carbonyl (C=O) groups excluding carboxylic acids is 2. The summed E-state index contributed by atoms with van der Waals surface area (Å²) in [5, 5.41) is 3.16. The minimum absolute atomic E-state index is 0.0471. The lowest BCUT2D eigenvalue weighted by atomic mass is 10.0. The van der Waals surface area contributed by atoms with E-state index in [4.69, 9.17) is 4.74 Å². The number of imide groups is 1. The maximum absolute atomic E-state index is 13.3. The molecule has 0 spiro atoms. The lowest BCUT2D eigenvalue weighted by Crippen LogP contribution is -2.32. The zero-order valence-corrected chi connectivity index (χ0v) is 17.4. The number of carbonyl (C=O) groups is 2. The predicted molar refractivity (Wildman–Crippen MR) is 119 cm³/mol. The van der Waals surface area contributed by atoms with Crippen molar-refractivity contribution in [1.82, 2.24) is 9.88 Å². The van der Waals surface area contributed by atoms with Crippen molar-refractivity contribution < 1.29 is 14.3 Å². The van der Waals surface area contributed by atoms with Gasteiger partial charge < -0.3 is 10.1 Å². The van der Waals surface area contributed by atoms with Gasteiger partial charge in [0.1, 0.15) is 11.4 Å². The summed E-state index contributed by atoms with van der Waals surface area (Å²) in [6.45, 7) is 4.08. The SMILES string of the molecule is CC(C)Oc1ccc(C2=C(Nc3ccccc3)C(=O)N(Cc3ccncc3)C2=O)cc1. The average Bonchev–Trinajstić information content (AvgIpc) is 3.00. The molecule has 0 saturated carbocycles. The fourth-order valence-corrected chi connectivity index (χ4v) is 3.41. The standard InChI is InChI=1S/C25H23N3O3/c1-17(2)31-21-10-8-19(9-11-21)22-23(27-20-6-4-3-5-7-20)25(30)28(24(22)29)16-18-12-14-26-15-13-18/h3-15,17,27H,16H2,1-2H3. The third kappa shape index (κ3) is 4.48. The van der Waals surface area contributed by atoms with Crippen LogP contribution in [0.15, 0.2) is 84.8 Å². The van der Waals surface area contributed by atoms with Crippen LogP contribution in [-0.4, -0.2) is 27.8 Å². The van der Waals surface area contributed by atoms with E-state index < -0.39 is 0 Å². The Morgan fingerprint density at radius 3 is 2.23 bits per heavy atom. The molecule has 0 aliphatic carbocycles. The van der Waals surface area contributed by atoms with E-state index in [9.17, 15) is 9.59 Å². The first kappa shape index (κ1) is 20.3. The largest absolute Gasteiger partial charge is 0.491 e. The molecule has 0 bridgehead atoms. The van der Waals surface area contributed by atoms with Crippen LogP contribution in [0, 0.1) is 0 Å².